The molecule has 2 heteroatoms. The van der Waals surface area contributed by atoms with Crippen molar-refractivity contribution < 1.29 is 4.74 Å². The number of nitrogens with one attached hydrogen (secondary N) is 1. The Morgan fingerprint density at radius 2 is 2.11 bits per heavy atom. The van der Waals surface area contributed by atoms with Gasteiger partial charge in [0, 0.05) is 13.0 Å². The van der Waals surface area contributed by atoms with Gasteiger partial charge in [0.05, 0.1) is 6.61 Å². The van der Waals surface area contributed by atoms with Gasteiger partial charge in [0.2, 0.25) is 0 Å². The van der Waals surface area contributed by atoms with Crippen molar-refractivity contribution >= 4 is 0 Å². The first-order valence-electron chi connectivity index (χ1n) is 7.71. The summed E-state index contributed by atoms with van der Waals surface area (Å²) in [6.07, 6.45) is 7.84. The summed E-state index contributed by atoms with van der Waals surface area (Å²) >= 11 is 0. The van der Waals surface area contributed by atoms with Crippen molar-refractivity contribution in [3.8, 4) is 5.75 Å². The van der Waals surface area contributed by atoms with Gasteiger partial charge < -0.3 is 10.1 Å². The number of rotatable bonds is 5. The molecule has 1 aromatic carbocycles. The molecule has 1 N–H and O–H groups in total. The summed E-state index contributed by atoms with van der Waals surface area (Å²) < 4.78 is 5.54. The lowest BCUT2D eigenvalue weighted by molar-refractivity contribution is 0.316. The van der Waals surface area contributed by atoms with Crippen molar-refractivity contribution in [3.05, 3.63) is 29.3 Å². The number of hydrogen-bond donors (Lipinski definition) is 1. The van der Waals surface area contributed by atoms with Gasteiger partial charge in [-0.15, -0.1) is 0 Å². The molecule has 104 valence electrons. The molecule has 1 aliphatic heterocycles. The SMILES string of the molecule is CC1(CNCCc2ccc3c(c2)CCO3)CCCC1. The summed E-state index contributed by atoms with van der Waals surface area (Å²) in [7, 11) is 0. The highest BCUT2D eigenvalue weighted by atomic mass is 16.5. The second-order valence-corrected chi connectivity index (χ2v) is 6.49. The van der Waals surface area contributed by atoms with E-state index in [2.05, 4.69) is 30.4 Å². The van der Waals surface area contributed by atoms with Crippen LogP contribution in [0.5, 0.6) is 5.75 Å². The van der Waals surface area contributed by atoms with Crippen LogP contribution in [0.3, 0.4) is 0 Å². The molecule has 0 bridgehead atoms. The van der Waals surface area contributed by atoms with E-state index in [9.17, 15) is 0 Å². The van der Waals surface area contributed by atoms with Crippen LogP contribution in [-0.4, -0.2) is 19.7 Å². The van der Waals surface area contributed by atoms with E-state index in [4.69, 9.17) is 4.74 Å². The zero-order chi connectivity index (χ0) is 13.1. The third-order valence-corrected chi connectivity index (χ3v) is 4.71. The fourth-order valence-electron chi connectivity index (χ4n) is 3.42. The van der Waals surface area contributed by atoms with Crippen LogP contribution in [-0.2, 0) is 12.8 Å². The average molecular weight is 259 g/mol. The van der Waals surface area contributed by atoms with Crippen LogP contribution in [0, 0.1) is 5.41 Å². The lowest BCUT2D eigenvalue weighted by Crippen LogP contribution is -2.30. The molecule has 0 saturated heterocycles. The van der Waals surface area contributed by atoms with Gasteiger partial charge in [-0.2, -0.15) is 0 Å². The maximum absolute atomic E-state index is 5.54. The van der Waals surface area contributed by atoms with Crippen molar-refractivity contribution in [1.82, 2.24) is 5.32 Å². The summed E-state index contributed by atoms with van der Waals surface area (Å²) in [6.45, 7) is 5.56. The molecule has 0 amide bonds. The molecule has 0 atom stereocenters. The minimum absolute atomic E-state index is 0.561. The number of ether oxygens (including phenoxy) is 1. The molecule has 3 rings (SSSR count). The fraction of sp³-hybridized carbons (Fsp3) is 0.647. The maximum atomic E-state index is 5.54. The van der Waals surface area contributed by atoms with Crippen LogP contribution in [0.15, 0.2) is 18.2 Å². The summed E-state index contributed by atoms with van der Waals surface area (Å²) in [5.74, 6) is 1.09. The summed E-state index contributed by atoms with van der Waals surface area (Å²) in [5, 5.41) is 3.65. The van der Waals surface area contributed by atoms with Crippen molar-refractivity contribution in [2.45, 2.75) is 45.4 Å². The Labute approximate surface area is 116 Å². The van der Waals surface area contributed by atoms with Crippen molar-refractivity contribution in [2.75, 3.05) is 19.7 Å². The van der Waals surface area contributed by atoms with Crippen LogP contribution in [0.1, 0.15) is 43.7 Å². The number of hydrogen-bond acceptors (Lipinski definition) is 2. The van der Waals surface area contributed by atoms with Crippen molar-refractivity contribution in [1.29, 1.82) is 0 Å². The Balaban J connectivity index is 1.45. The van der Waals surface area contributed by atoms with Crippen LogP contribution >= 0.6 is 0 Å². The van der Waals surface area contributed by atoms with E-state index in [0.717, 1.165) is 31.7 Å². The third-order valence-electron chi connectivity index (χ3n) is 4.71. The first kappa shape index (κ1) is 13.0. The molecule has 0 spiro atoms. The van der Waals surface area contributed by atoms with Gasteiger partial charge >= 0.3 is 0 Å². The normalized spacial score (nSPS) is 20.3. The van der Waals surface area contributed by atoms with Crippen LogP contribution in [0.2, 0.25) is 0 Å². The van der Waals surface area contributed by atoms with Gasteiger partial charge in [0.1, 0.15) is 5.75 Å². The van der Waals surface area contributed by atoms with Gasteiger partial charge in [-0.1, -0.05) is 31.9 Å². The topological polar surface area (TPSA) is 21.3 Å². The second kappa shape index (κ2) is 5.54. The predicted octanol–water partition coefficient (Wildman–Crippen LogP) is 3.33. The molecule has 1 aliphatic carbocycles. The van der Waals surface area contributed by atoms with E-state index >= 15 is 0 Å². The van der Waals surface area contributed by atoms with E-state index in [0.29, 0.717) is 5.41 Å². The smallest absolute Gasteiger partial charge is 0.122 e. The quantitative estimate of drug-likeness (QED) is 0.819. The highest BCUT2D eigenvalue weighted by molar-refractivity contribution is 5.39. The van der Waals surface area contributed by atoms with Crippen LogP contribution in [0.25, 0.3) is 0 Å². The fourth-order valence-corrected chi connectivity index (χ4v) is 3.42. The molecular formula is C17H25NO. The van der Waals surface area contributed by atoms with Gasteiger partial charge in [-0.05, 0) is 48.4 Å². The zero-order valence-electron chi connectivity index (χ0n) is 12.0. The van der Waals surface area contributed by atoms with Crippen LogP contribution in [0.4, 0.5) is 0 Å². The Kier molecular flexibility index (Phi) is 3.79. The van der Waals surface area contributed by atoms with E-state index in [1.807, 2.05) is 0 Å². The zero-order valence-corrected chi connectivity index (χ0v) is 12.0. The molecule has 19 heavy (non-hydrogen) atoms. The number of benzene rings is 1. The molecule has 0 aromatic heterocycles. The van der Waals surface area contributed by atoms with Gasteiger partial charge in [0.25, 0.3) is 0 Å². The molecule has 2 nitrogen and oxygen atoms in total. The molecular weight excluding hydrogens is 234 g/mol. The predicted molar refractivity (Wildman–Crippen MR) is 78.8 cm³/mol. The Hall–Kier alpha value is -1.02. The molecule has 2 aliphatic rings. The molecule has 1 fully saturated rings. The first-order chi connectivity index (χ1) is 9.25. The van der Waals surface area contributed by atoms with Gasteiger partial charge in [0.15, 0.2) is 0 Å². The largest absolute Gasteiger partial charge is 0.493 e. The second-order valence-electron chi connectivity index (χ2n) is 6.49. The van der Waals surface area contributed by atoms with Gasteiger partial charge in [-0.3, -0.25) is 0 Å². The lowest BCUT2D eigenvalue weighted by Gasteiger charge is -2.23. The highest BCUT2D eigenvalue weighted by Crippen LogP contribution is 2.36. The monoisotopic (exact) mass is 259 g/mol. The standard InChI is InChI=1S/C17H25NO/c1-17(8-2-3-9-17)13-18-10-6-14-4-5-16-15(12-14)7-11-19-16/h4-5,12,18H,2-3,6-11,13H2,1H3. The molecule has 0 radical (unpaired) electrons. The number of fused-ring (bicyclic) bond motifs is 1. The summed E-state index contributed by atoms with van der Waals surface area (Å²) in [4.78, 5) is 0. The minimum Gasteiger partial charge on any atom is -0.493 e. The molecule has 0 unspecified atom stereocenters. The van der Waals surface area contributed by atoms with E-state index in [-0.39, 0.29) is 0 Å². The summed E-state index contributed by atoms with van der Waals surface area (Å²) in [5.41, 5.74) is 3.39. The van der Waals surface area contributed by atoms with E-state index in [1.54, 1.807) is 0 Å². The first-order valence-corrected chi connectivity index (χ1v) is 7.71. The maximum Gasteiger partial charge on any atom is 0.122 e. The van der Waals surface area contributed by atoms with Crippen molar-refractivity contribution in [2.24, 2.45) is 5.41 Å². The lowest BCUT2D eigenvalue weighted by atomic mass is 9.89. The minimum atomic E-state index is 0.561. The Morgan fingerprint density at radius 1 is 1.26 bits per heavy atom. The molecule has 1 saturated carbocycles. The highest BCUT2D eigenvalue weighted by Gasteiger charge is 2.27. The third kappa shape index (κ3) is 3.11. The van der Waals surface area contributed by atoms with Crippen LogP contribution < -0.4 is 10.1 Å². The van der Waals surface area contributed by atoms with E-state index in [1.165, 1.54) is 43.4 Å². The Bertz CT molecular complexity index is 435. The Morgan fingerprint density at radius 3 is 2.95 bits per heavy atom. The van der Waals surface area contributed by atoms with Crippen molar-refractivity contribution in [3.63, 3.8) is 0 Å². The average Bonchev–Trinajstić information content (AvgIpc) is 3.03. The summed E-state index contributed by atoms with van der Waals surface area (Å²) in [6, 6.07) is 6.67. The molecule has 1 aromatic rings. The van der Waals surface area contributed by atoms with E-state index < -0.39 is 0 Å². The van der Waals surface area contributed by atoms with Gasteiger partial charge in [-0.25, -0.2) is 0 Å². The molecule has 1 heterocycles.